The van der Waals surface area contributed by atoms with Gasteiger partial charge in [0.05, 0.1) is 24.8 Å². The Morgan fingerprint density at radius 2 is 2.10 bits per heavy atom. The molecule has 1 atom stereocenters. The molecule has 1 aromatic rings. The number of anilines is 1. The molecule has 1 amide bonds. The van der Waals surface area contributed by atoms with Crippen molar-refractivity contribution in [3.63, 3.8) is 0 Å². The number of carbonyl (C=O) groups is 2. The Labute approximate surface area is 121 Å². The molecule has 1 heterocycles. The molecule has 6 nitrogen and oxygen atoms in total. The Balaban J connectivity index is 2.00. The third kappa shape index (κ3) is 3.47. The molecule has 2 rings (SSSR count). The number of aromatic nitrogens is 1. The van der Waals surface area contributed by atoms with Crippen LogP contribution in [-0.4, -0.2) is 30.3 Å². The van der Waals surface area contributed by atoms with E-state index in [1.54, 1.807) is 13.8 Å². The van der Waals surface area contributed by atoms with Crippen molar-refractivity contribution in [1.29, 1.82) is 0 Å². The number of aryl methyl sites for hydroxylation is 1. The second-order valence-corrected chi connectivity index (χ2v) is 5.51. The molecule has 1 aliphatic carbocycles. The van der Waals surface area contributed by atoms with Crippen LogP contribution in [0.5, 0.6) is 0 Å². The molecule has 1 aromatic heterocycles. The van der Waals surface area contributed by atoms with E-state index in [0.717, 1.165) is 23.4 Å². The van der Waals surface area contributed by atoms with Gasteiger partial charge in [-0.25, -0.2) is 9.78 Å². The molecule has 0 aliphatic heterocycles. The molecule has 0 bridgehead atoms. The number of carbonyl (C=O) groups excluding carboxylic acids is 2. The first kappa shape index (κ1) is 14.8. The van der Waals surface area contributed by atoms with Gasteiger partial charge in [0.1, 0.15) is 0 Å². The number of fused-ring (bicyclic) bond motifs is 1. The van der Waals surface area contributed by atoms with Gasteiger partial charge in [0.25, 0.3) is 0 Å². The second kappa shape index (κ2) is 6.69. The van der Waals surface area contributed by atoms with Gasteiger partial charge in [0.2, 0.25) is 0 Å². The Morgan fingerprint density at radius 1 is 1.35 bits per heavy atom. The van der Waals surface area contributed by atoms with Crippen molar-refractivity contribution < 1.29 is 19.1 Å². The Bertz CT molecular complexity index is 501. The largest absolute Gasteiger partial charge is 0.466 e. The van der Waals surface area contributed by atoms with Crippen LogP contribution in [0.4, 0.5) is 9.93 Å². The summed E-state index contributed by atoms with van der Waals surface area (Å²) in [6.45, 7) is 4.28. The summed E-state index contributed by atoms with van der Waals surface area (Å²) < 4.78 is 9.87. The van der Waals surface area contributed by atoms with E-state index >= 15 is 0 Å². The zero-order valence-corrected chi connectivity index (χ0v) is 12.4. The van der Waals surface area contributed by atoms with E-state index in [2.05, 4.69) is 10.3 Å². The van der Waals surface area contributed by atoms with Crippen LogP contribution in [-0.2, 0) is 27.1 Å². The normalized spacial score (nSPS) is 17.2. The quantitative estimate of drug-likeness (QED) is 0.864. The Morgan fingerprint density at radius 3 is 2.80 bits per heavy atom. The maximum Gasteiger partial charge on any atom is 0.413 e. The van der Waals surface area contributed by atoms with Gasteiger partial charge in [-0.3, -0.25) is 10.1 Å². The lowest BCUT2D eigenvalue weighted by Gasteiger charge is -2.18. The van der Waals surface area contributed by atoms with Crippen LogP contribution in [0.15, 0.2) is 0 Å². The van der Waals surface area contributed by atoms with E-state index in [1.165, 1.54) is 11.3 Å². The van der Waals surface area contributed by atoms with Gasteiger partial charge in [-0.15, -0.1) is 11.3 Å². The first-order valence-electron chi connectivity index (χ1n) is 6.73. The minimum absolute atomic E-state index is 0.0988. The lowest BCUT2D eigenvalue weighted by molar-refractivity contribution is -0.148. The summed E-state index contributed by atoms with van der Waals surface area (Å²) >= 11 is 1.40. The third-order valence-corrected chi connectivity index (χ3v) is 4.08. The summed E-state index contributed by atoms with van der Waals surface area (Å²) in [6.07, 6.45) is 1.62. The third-order valence-electron chi connectivity index (χ3n) is 3.04. The highest BCUT2D eigenvalue weighted by Crippen LogP contribution is 2.32. The number of ether oxygens (including phenoxy) is 2. The second-order valence-electron chi connectivity index (χ2n) is 4.43. The molecule has 20 heavy (non-hydrogen) atoms. The molecule has 0 saturated heterocycles. The van der Waals surface area contributed by atoms with Crippen LogP contribution >= 0.6 is 11.3 Å². The van der Waals surface area contributed by atoms with Gasteiger partial charge >= 0.3 is 12.1 Å². The SMILES string of the molecule is CCOC(=O)Nc1nc2c(s1)CC(C(=O)OCC)CC2. The number of nitrogens with zero attached hydrogens (tertiary/aromatic N) is 1. The number of hydrogen-bond donors (Lipinski definition) is 1. The molecule has 110 valence electrons. The zero-order chi connectivity index (χ0) is 14.5. The van der Waals surface area contributed by atoms with Gasteiger partial charge in [0, 0.05) is 4.88 Å². The lowest BCUT2D eigenvalue weighted by atomic mass is 9.91. The molecule has 1 aliphatic rings. The van der Waals surface area contributed by atoms with Gasteiger partial charge in [-0.05, 0) is 33.1 Å². The van der Waals surface area contributed by atoms with Gasteiger partial charge < -0.3 is 9.47 Å². The minimum atomic E-state index is -0.500. The number of thiazole rings is 1. The fourth-order valence-electron chi connectivity index (χ4n) is 2.14. The summed E-state index contributed by atoms with van der Waals surface area (Å²) in [6, 6.07) is 0. The maximum atomic E-state index is 11.7. The topological polar surface area (TPSA) is 77.5 Å². The van der Waals surface area contributed by atoms with E-state index in [-0.39, 0.29) is 11.9 Å². The monoisotopic (exact) mass is 298 g/mol. The first-order chi connectivity index (χ1) is 9.63. The number of esters is 1. The molecule has 7 heteroatoms. The van der Waals surface area contributed by atoms with Crippen molar-refractivity contribution in [3.05, 3.63) is 10.6 Å². The fourth-order valence-corrected chi connectivity index (χ4v) is 3.22. The highest BCUT2D eigenvalue weighted by Gasteiger charge is 2.28. The molecule has 1 unspecified atom stereocenters. The molecular formula is C13H18N2O4S. The zero-order valence-electron chi connectivity index (χ0n) is 11.6. The summed E-state index contributed by atoms with van der Waals surface area (Å²) in [5, 5.41) is 3.13. The number of amides is 1. The van der Waals surface area contributed by atoms with Crippen LogP contribution in [0.25, 0.3) is 0 Å². The maximum absolute atomic E-state index is 11.7. The predicted octanol–water partition coefficient (Wildman–Crippen LogP) is 2.38. The van der Waals surface area contributed by atoms with Gasteiger partial charge in [0.15, 0.2) is 5.13 Å². The molecule has 1 N–H and O–H groups in total. The van der Waals surface area contributed by atoms with Crippen molar-refractivity contribution >= 4 is 28.5 Å². The number of nitrogens with one attached hydrogen (secondary N) is 1. The van der Waals surface area contributed by atoms with E-state index in [4.69, 9.17) is 9.47 Å². The molecule has 0 saturated carbocycles. The van der Waals surface area contributed by atoms with Crippen molar-refractivity contribution in [2.24, 2.45) is 5.92 Å². The van der Waals surface area contributed by atoms with Gasteiger partial charge in [-0.2, -0.15) is 0 Å². The van der Waals surface area contributed by atoms with Crippen molar-refractivity contribution in [1.82, 2.24) is 4.98 Å². The molecule has 0 aromatic carbocycles. The highest BCUT2D eigenvalue weighted by molar-refractivity contribution is 7.15. The van der Waals surface area contributed by atoms with E-state index < -0.39 is 6.09 Å². The van der Waals surface area contributed by atoms with Crippen molar-refractivity contribution in [2.75, 3.05) is 18.5 Å². The van der Waals surface area contributed by atoms with E-state index in [1.807, 2.05) is 0 Å². The van der Waals surface area contributed by atoms with E-state index in [0.29, 0.717) is 24.8 Å². The van der Waals surface area contributed by atoms with Crippen LogP contribution in [0.1, 0.15) is 30.8 Å². The number of rotatable bonds is 4. The average Bonchev–Trinajstić information content (AvgIpc) is 2.80. The molecule has 0 fully saturated rings. The van der Waals surface area contributed by atoms with Crippen molar-refractivity contribution in [3.8, 4) is 0 Å². The predicted molar refractivity (Wildman–Crippen MR) is 74.9 cm³/mol. The summed E-state index contributed by atoms with van der Waals surface area (Å²) in [7, 11) is 0. The molecule has 0 spiro atoms. The van der Waals surface area contributed by atoms with Crippen LogP contribution in [0.2, 0.25) is 0 Å². The van der Waals surface area contributed by atoms with Gasteiger partial charge in [-0.1, -0.05) is 0 Å². The van der Waals surface area contributed by atoms with E-state index in [9.17, 15) is 9.59 Å². The van der Waals surface area contributed by atoms with Crippen LogP contribution in [0.3, 0.4) is 0 Å². The summed E-state index contributed by atoms with van der Waals surface area (Å²) in [5.74, 6) is -0.246. The highest BCUT2D eigenvalue weighted by atomic mass is 32.1. The molecule has 0 radical (unpaired) electrons. The first-order valence-corrected chi connectivity index (χ1v) is 7.54. The Kier molecular flexibility index (Phi) is 4.94. The summed E-state index contributed by atoms with van der Waals surface area (Å²) in [5.41, 5.74) is 0.961. The Hall–Kier alpha value is -1.63. The summed E-state index contributed by atoms with van der Waals surface area (Å²) in [4.78, 5) is 28.5. The van der Waals surface area contributed by atoms with Crippen molar-refractivity contribution in [2.45, 2.75) is 33.1 Å². The fraction of sp³-hybridized carbons (Fsp3) is 0.615. The van der Waals surface area contributed by atoms with Crippen LogP contribution in [0, 0.1) is 5.92 Å². The number of hydrogen-bond acceptors (Lipinski definition) is 6. The minimum Gasteiger partial charge on any atom is -0.466 e. The smallest absolute Gasteiger partial charge is 0.413 e. The van der Waals surface area contributed by atoms with Crippen LogP contribution < -0.4 is 5.32 Å². The standard InChI is InChI=1S/C13H18N2O4S/c1-3-18-11(16)8-5-6-9-10(7-8)20-12(14-9)15-13(17)19-4-2/h8H,3-7H2,1-2H3,(H,14,15,17). The average molecular weight is 298 g/mol. The lowest BCUT2D eigenvalue weighted by Crippen LogP contribution is -2.24. The molecular weight excluding hydrogens is 280 g/mol.